The third-order valence-corrected chi connectivity index (χ3v) is 5.44. The highest BCUT2D eigenvalue weighted by Crippen LogP contribution is 2.32. The van der Waals surface area contributed by atoms with Gasteiger partial charge in [0.05, 0.1) is 4.90 Å². The van der Waals surface area contributed by atoms with Gasteiger partial charge in [0, 0.05) is 25.4 Å². The van der Waals surface area contributed by atoms with Crippen molar-refractivity contribution in [3.8, 4) is 0 Å². The van der Waals surface area contributed by atoms with Crippen LogP contribution in [0.15, 0.2) is 59.0 Å². The van der Waals surface area contributed by atoms with E-state index >= 15 is 0 Å². The lowest BCUT2D eigenvalue weighted by Crippen LogP contribution is -2.19. The predicted octanol–water partition coefficient (Wildman–Crippen LogP) is 2.89. The summed E-state index contributed by atoms with van der Waals surface area (Å²) in [4.78, 5) is 14.3. The maximum absolute atomic E-state index is 13.3. The van der Waals surface area contributed by atoms with Gasteiger partial charge >= 0.3 is 0 Å². The average Bonchev–Trinajstić information content (AvgIpc) is 2.89. The summed E-state index contributed by atoms with van der Waals surface area (Å²) < 4.78 is 36.6. The fourth-order valence-electron chi connectivity index (χ4n) is 2.95. The Balaban J connectivity index is 2.17. The molecule has 3 rings (SSSR count). The van der Waals surface area contributed by atoms with Gasteiger partial charge < -0.3 is 4.90 Å². The first-order valence-corrected chi connectivity index (χ1v) is 9.71. The summed E-state index contributed by atoms with van der Waals surface area (Å²) in [6, 6.07) is 12.4. The maximum atomic E-state index is 13.3. The number of likely N-dealkylation sites (tertiary alicyclic amines) is 1. The highest BCUT2D eigenvalue weighted by molar-refractivity contribution is 7.90. The minimum atomic E-state index is -3.29. The molecule has 1 aliphatic rings. The van der Waals surface area contributed by atoms with Crippen LogP contribution in [0.4, 0.5) is 4.39 Å². The minimum Gasteiger partial charge on any atom is -0.342 e. The van der Waals surface area contributed by atoms with Gasteiger partial charge in [-0.2, -0.15) is 0 Å². The summed E-state index contributed by atoms with van der Waals surface area (Å²) in [5.41, 5.74) is 2.83. The Labute approximate surface area is 146 Å². The molecule has 4 nitrogen and oxygen atoms in total. The molecule has 1 saturated heterocycles. The molecule has 130 valence electrons. The zero-order valence-electron chi connectivity index (χ0n) is 14.0. The van der Waals surface area contributed by atoms with Crippen molar-refractivity contribution in [3.63, 3.8) is 0 Å². The Bertz CT molecular complexity index is 945. The molecule has 6 heteroatoms. The first-order valence-electron chi connectivity index (χ1n) is 7.82. The Morgan fingerprint density at radius 2 is 1.52 bits per heavy atom. The van der Waals surface area contributed by atoms with Crippen LogP contribution in [0.5, 0.6) is 0 Å². The van der Waals surface area contributed by atoms with Crippen LogP contribution in [0.1, 0.15) is 17.5 Å². The van der Waals surface area contributed by atoms with Gasteiger partial charge in [-0.15, -0.1) is 0 Å². The van der Waals surface area contributed by atoms with E-state index in [9.17, 15) is 17.6 Å². The molecule has 2 aromatic rings. The molecule has 1 aliphatic heterocycles. The summed E-state index contributed by atoms with van der Waals surface area (Å²) in [6.45, 7) is 0.625. The average molecular weight is 359 g/mol. The van der Waals surface area contributed by atoms with Gasteiger partial charge in [-0.1, -0.05) is 24.3 Å². The van der Waals surface area contributed by atoms with E-state index in [1.54, 1.807) is 36.2 Å². The van der Waals surface area contributed by atoms with Crippen LogP contribution in [0, 0.1) is 5.82 Å². The summed E-state index contributed by atoms with van der Waals surface area (Å²) in [5, 5.41) is 0. The van der Waals surface area contributed by atoms with Gasteiger partial charge in [0.1, 0.15) is 5.82 Å². The molecular formula is C19H18FNO3S. The van der Waals surface area contributed by atoms with Crippen molar-refractivity contribution in [1.29, 1.82) is 0 Å². The molecule has 0 saturated carbocycles. The Morgan fingerprint density at radius 3 is 1.96 bits per heavy atom. The number of nitrogens with zero attached hydrogens (tertiary/aromatic N) is 1. The van der Waals surface area contributed by atoms with Crippen molar-refractivity contribution in [2.45, 2.75) is 11.3 Å². The second-order valence-corrected chi connectivity index (χ2v) is 8.15. The number of carbonyl (C=O) groups excluding carboxylic acids is 1. The highest BCUT2D eigenvalue weighted by atomic mass is 32.2. The third kappa shape index (κ3) is 3.49. The molecule has 0 bridgehead atoms. The lowest BCUT2D eigenvalue weighted by molar-refractivity contribution is -0.123. The molecule has 1 heterocycles. The van der Waals surface area contributed by atoms with Crippen LogP contribution < -0.4 is 0 Å². The van der Waals surface area contributed by atoms with Gasteiger partial charge in [-0.3, -0.25) is 4.79 Å². The fraction of sp³-hybridized carbons (Fsp3) is 0.211. The van der Waals surface area contributed by atoms with Crippen molar-refractivity contribution in [2.75, 3.05) is 19.8 Å². The van der Waals surface area contributed by atoms with Crippen molar-refractivity contribution in [1.82, 2.24) is 4.90 Å². The molecule has 0 atom stereocenters. The molecule has 0 aliphatic carbocycles. The molecule has 0 spiro atoms. The first kappa shape index (κ1) is 17.4. The normalized spacial score (nSPS) is 17.1. The number of sulfone groups is 1. The Kier molecular flexibility index (Phi) is 4.47. The predicted molar refractivity (Wildman–Crippen MR) is 94.2 cm³/mol. The van der Waals surface area contributed by atoms with E-state index < -0.39 is 9.84 Å². The van der Waals surface area contributed by atoms with E-state index in [1.165, 1.54) is 24.3 Å². The van der Waals surface area contributed by atoms with E-state index in [0.29, 0.717) is 18.5 Å². The van der Waals surface area contributed by atoms with Crippen molar-refractivity contribution >= 4 is 21.3 Å². The van der Waals surface area contributed by atoms with E-state index in [-0.39, 0.29) is 16.6 Å². The summed E-state index contributed by atoms with van der Waals surface area (Å²) in [7, 11) is -1.55. The van der Waals surface area contributed by atoms with Gasteiger partial charge in [0.15, 0.2) is 9.84 Å². The number of rotatable bonds is 3. The molecule has 2 aromatic carbocycles. The van der Waals surface area contributed by atoms with Crippen LogP contribution >= 0.6 is 0 Å². The topological polar surface area (TPSA) is 54.5 Å². The Morgan fingerprint density at radius 1 is 1.00 bits per heavy atom. The summed E-state index contributed by atoms with van der Waals surface area (Å²) >= 11 is 0. The third-order valence-electron chi connectivity index (χ3n) is 4.31. The number of carbonyl (C=O) groups is 1. The van der Waals surface area contributed by atoms with E-state index in [4.69, 9.17) is 0 Å². The largest absolute Gasteiger partial charge is 0.342 e. The van der Waals surface area contributed by atoms with Crippen LogP contribution in [-0.4, -0.2) is 39.1 Å². The lowest BCUT2D eigenvalue weighted by atomic mass is 9.92. The molecule has 0 radical (unpaired) electrons. The second-order valence-electron chi connectivity index (χ2n) is 6.13. The van der Waals surface area contributed by atoms with Crippen molar-refractivity contribution in [2.24, 2.45) is 0 Å². The van der Waals surface area contributed by atoms with Gasteiger partial charge in [0.25, 0.3) is 0 Å². The second kappa shape index (κ2) is 6.44. The monoisotopic (exact) mass is 359 g/mol. The number of halogens is 1. The van der Waals surface area contributed by atoms with Crippen LogP contribution in [-0.2, 0) is 14.6 Å². The zero-order valence-corrected chi connectivity index (χ0v) is 14.8. The molecule has 0 aromatic heterocycles. The number of likely N-dealkylation sites (N-methyl/N-ethyl adjacent to an activating group) is 1. The van der Waals surface area contributed by atoms with Gasteiger partial charge in [-0.05, 0) is 47.4 Å². The van der Waals surface area contributed by atoms with Crippen LogP contribution in [0.2, 0.25) is 0 Å². The quantitative estimate of drug-likeness (QED) is 0.792. The number of hydrogen-bond acceptors (Lipinski definition) is 3. The smallest absolute Gasteiger partial charge is 0.250 e. The van der Waals surface area contributed by atoms with Crippen LogP contribution in [0.25, 0.3) is 5.57 Å². The Hall–Kier alpha value is -2.47. The minimum absolute atomic E-state index is 0.0634. The number of amides is 1. The van der Waals surface area contributed by atoms with E-state index in [2.05, 4.69) is 0 Å². The summed E-state index contributed by atoms with van der Waals surface area (Å²) in [5.74, 6) is -0.415. The number of benzene rings is 2. The molecule has 25 heavy (non-hydrogen) atoms. The van der Waals surface area contributed by atoms with E-state index in [0.717, 1.165) is 23.0 Å². The van der Waals surface area contributed by atoms with E-state index in [1.807, 2.05) is 0 Å². The molecule has 0 N–H and O–H groups in total. The number of hydrogen-bond donors (Lipinski definition) is 0. The van der Waals surface area contributed by atoms with Crippen molar-refractivity contribution < 1.29 is 17.6 Å². The highest BCUT2D eigenvalue weighted by Gasteiger charge is 2.27. The standard InChI is InChI=1S/C19H18FNO3S/c1-21-12-11-17(19(21)22)18(13-3-7-15(20)8-4-13)14-5-9-16(10-6-14)25(2,23)24/h3-10H,11-12H2,1-2H3/b18-17-. The molecule has 1 fully saturated rings. The van der Waals surface area contributed by atoms with Gasteiger partial charge in [0.2, 0.25) is 5.91 Å². The first-order chi connectivity index (χ1) is 11.8. The van der Waals surface area contributed by atoms with Gasteiger partial charge in [-0.25, -0.2) is 12.8 Å². The summed E-state index contributed by atoms with van der Waals surface area (Å²) in [6.07, 6.45) is 1.74. The molecular weight excluding hydrogens is 341 g/mol. The maximum Gasteiger partial charge on any atom is 0.250 e. The van der Waals surface area contributed by atoms with Crippen molar-refractivity contribution in [3.05, 3.63) is 71.0 Å². The van der Waals surface area contributed by atoms with Crippen LogP contribution in [0.3, 0.4) is 0 Å². The molecule has 1 amide bonds. The zero-order chi connectivity index (χ0) is 18.2. The fourth-order valence-corrected chi connectivity index (χ4v) is 3.58. The SMILES string of the molecule is CN1CC/C(=C(\c2ccc(F)cc2)c2ccc(S(C)(=O)=O)cc2)C1=O. The lowest BCUT2D eigenvalue weighted by Gasteiger charge is -2.13. The molecule has 0 unspecified atom stereocenters.